The molecule has 1 rings (SSSR count). The zero-order chi connectivity index (χ0) is 11.1. The predicted octanol–water partition coefficient (Wildman–Crippen LogP) is 3.29. The van der Waals surface area contributed by atoms with Crippen molar-refractivity contribution in [3.8, 4) is 0 Å². The van der Waals surface area contributed by atoms with Gasteiger partial charge in [-0.1, -0.05) is 43.0 Å². The maximum atomic E-state index is 5.27. The molecule has 0 aliphatic heterocycles. The lowest BCUT2D eigenvalue weighted by Crippen LogP contribution is -2.03. The van der Waals surface area contributed by atoms with Gasteiger partial charge in [0.25, 0.3) is 0 Å². The number of allylic oxidation sites excluding steroid dienone is 1. The first-order valence-electron chi connectivity index (χ1n) is 4.75. The minimum Gasteiger partial charge on any atom is -0.479 e. The fraction of sp³-hybridized carbons (Fsp3) is 0.154. The van der Waals surface area contributed by atoms with E-state index in [1.165, 1.54) is 5.56 Å². The van der Waals surface area contributed by atoms with E-state index >= 15 is 0 Å². The van der Waals surface area contributed by atoms with Gasteiger partial charge in [0.2, 0.25) is 0 Å². The van der Waals surface area contributed by atoms with Crippen LogP contribution in [-0.2, 0) is 11.2 Å². The van der Waals surface area contributed by atoms with Crippen LogP contribution in [0.15, 0.2) is 49.6 Å². The molecule has 0 radical (unpaired) electrons. The van der Waals surface area contributed by atoms with E-state index in [0.717, 1.165) is 12.0 Å². The molecule has 0 heterocycles. The second-order valence-electron chi connectivity index (χ2n) is 3.08. The highest BCUT2D eigenvalue weighted by Gasteiger charge is 2.00. The molecule has 1 aromatic rings. The van der Waals surface area contributed by atoms with Crippen LogP contribution in [0, 0.1) is 0 Å². The molecule has 1 nitrogen and oxygen atoms in total. The maximum Gasteiger partial charge on any atom is 0.191 e. The van der Waals surface area contributed by atoms with Crippen molar-refractivity contribution < 1.29 is 4.74 Å². The lowest BCUT2D eigenvalue weighted by molar-refractivity contribution is 0.361. The SMILES string of the molecule is C=CCOC(=S)c1ccc(CC=C)cc1. The third-order valence-electron chi connectivity index (χ3n) is 1.90. The Bertz CT molecular complexity index is 351. The molecule has 0 amide bonds. The van der Waals surface area contributed by atoms with E-state index in [1.54, 1.807) is 6.08 Å². The summed E-state index contributed by atoms with van der Waals surface area (Å²) < 4.78 is 5.27. The molecule has 0 aliphatic rings. The van der Waals surface area contributed by atoms with E-state index in [0.29, 0.717) is 11.7 Å². The largest absolute Gasteiger partial charge is 0.479 e. The summed E-state index contributed by atoms with van der Waals surface area (Å²) in [5, 5.41) is 0.514. The second-order valence-corrected chi connectivity index (χ2v) is 3.45. The Balaban J connectivity index is 2.66. The molecule has 15 heavy (non-hydrogen) atoms. The summed E-state index contributed by atoms with van der Waals surface area (Å²) in [4.78, 5) is 0. The first kappa shape index (κ1) is 11.7. The molecule has 1 aromatic carbocycles. The lowest BCUT2D eigenvalue weighted by atomic mass is 10.1. The fourth-order valence-corrected chi connectivity index (χ4v) is 1.37. The topological polar surface area (TPSA) is 9.23 Å². The smallest absolute Gasteiger partial charge is 0.191 e. The molecule has 0 atom stereocenters. The predicted molar refractivity (Wildman–Crippen MR) is 68.2 cm³/mol. The van der Waals surface area contributed by atoms with Crippen molar-refractivity contribution >= 4 is 17.3 Å². The number of hydrogen-bond donors (Lipinski definition) is 0. The molecule has 0 bridgehead atoms. The molecule has 2 heteroatoms. The van der Waals surface area contributed by atoms with Gasteiger partial charge in [0, 0.05) is 5.56 Å². The minimum atomic E-state index is 0.452. The molecule has 0 unspecified atom stereocenters. The van der Waals surface area contributed by atoms with Crippen LogP contribution in [0.4, 0.5) is 0 Å². The molecule has 0 saturated heterocycles. The highest BCUT2D eigenvalue weighted by molar-refractivity contribution is 7.80. The number of rotatable bonds is 5. The van der Waals surface area contributed by atoms with Gasteiger partial charge < -0.3 is 4.74 Å². The Labute approximate surface area is 96.1 Å². The molecular weight excluding hydrogens is 204 g/mol. The molecule has 0 aliphatic carbocycles. The summed E-state index contributed by atoms with van der Waals surface area (Å²) in [5.74, 6) is 0. The molecule has 0 aromatic heterocycles. The molecule has 78 valence electrons. The standard InChI is InChI=1S/C13H14OS/c1-3-5-11-6-8-12(9-7-11)13(15)14-10-4-2/h3-4,6-9H,1-2,5,10H2. The van der Waals surface area contributed by atoms with E-state index in [-0.39, 0.29) is 0 Å². The van der Waals surface area contributed by atoms with Crippen molar-refractivity contribution in [2.24, 2.45) is 0 Å². The Morgan fingerprint density at radius 3 is 2.40 bits per heavy atom. The third kappa shape index (κ3) is 3.68. The molecule has 0 fully saturated rings. The van der Waals surface area contributed by atoms with E-state index in [2.05, 4.69) is 13.2 Å². The fourth-order valence-electron chi connectivity index (χ4n) is 1.16. The van der Waals surface area contributed by atoms with Gasteiger partial charge in [-0.15, -0.1) is 6.58 Å². The van der Waals surface area contributed by atoms with Gasteiger partial charge in [0.05, 0.1) is 0 Å². The quantitative estimate of drug-likeness (QED) is 0.554. The van der Waals surface area contributed by atoms with Gasteiger partial charge in [-0.25, -0.2) is 0 Å². The Kier molecular flexibility index (Phi) is 4.78. The van der Waals surface area contributed by atoms with Gasteiger partial charge in [0.1, 0.15) is 6.61 Å². The van der Waals surface area contributed by atoms with Crippen LogP contribution in [0.3, 0.4) is 0 Å². The highest BCUT2D eigenvalue weighted by atomic mass is 32.1. The molecule has 0 spiro atoms. The number of ether oxygens (including phenoxy) is 1. The van der Waals surface area contributed by atoms with Gasteiger partial charge in [-0.3, -0.25) is 0 Å². The molecular formula is C13H14OS. The van der Waals surface area contributed by atoms with E-state index in [9.17, 15) is 0 Å². The van der Waals surface area contributed by atoms with Gasteiger partial charge in [-0.2, -0.15) is 0 Å². The summed E-state index contributed by atoms with van der Waals surface area (Å²) in [6, 6.07) is 7.98. The Morgan fingerprint density at radius 1 is 1.20 bits per heavy atom. The van der Waals surface area contributed by atoms with Gasteiger partial charge in [0.15, 0.2) is 5.05 Å². The zero-order valence-corrected chi connectivity index (χ0v) is 9.43. The van der Waals surface area contributed by atoms with Gasteiger partial charge >= 0.3 is 0 Å². The average Bonchev–Trinajstić information content (AvgIpc) is 2.27. The number of hydrogen-bond acceptors (Lipinski definition) is 2. The highest BCUT2D eigenvalue weighted by Crippen LogP contribution is 2.07. The second kappa shape index (κ2) is 6.14. The van der Waals surface area contributed by atoms with E-state index in [1.807, 2.05) is 30.3 Å². The third-order valence-corrected chi connectivity index (χ3v) is 2.26. The molecule has 0 N–H and O–H groups in total. The average molecular weight is 218 g/mol. The molecule has 0 saturated carbocycles. The minimum absolute atomic E-state index is 0.452. The van der Waals surface area contributed by atoms with Crippen molar-refractivity contribution in [3.05, 3.63) is 60.7 Å². The van der Waals surface area contributed by atoms with Crippen LogP contribution in [0.5, 0.6) is 0 Å². The van der Waals surface area contributed by atoms with Crippen molar-refractivity contribution in [3.63, 3.8) is 0 Å². The number of thiocarbonyl (C=S) groups is 1. The monoisotopic (exact) mass is 218 g/mol. The van der Waals surface area contributed by atoms with Crippen LogP contribution < -0.4 is 0 Å². The number of benzene rings is 1. The first-order valence-corrected chi connectivity index (χ1v) is 5.16. The van der Waals surface area contributed by atoms with Crippen molar-refractivity contribution in [2.45, 2.75) is 6.42 Å². The normalized spacial score (nSPS) is 9.33. The van der Waals surface area contributed by atoms with Crippen LogP contribution in [-0.4, -0.2) is 11.7 Å². The summed E-state index contributed by atoms with van der Waals surface area (Å²) >= 11 is 5.10. The van der Waals surface area contributed by atoms with Crippen LogP contribution >= 0.6 is 12.2 Å². The van der Waals surface area contributed by atoms with Crippen molar-refractivity contribution in [1.82, 2.24) is 0 Å². The zero-order valence-electron chi connectivity index (χ0n) is 8.61. The van der Waals surface area contributed by atoms with Gasteiger partial charge in [-0.05, 0) is 24.2 Å². The maximum absolute atomic E-state index is 5.27. The summed E-state index contributed by atoms with van der Waals surface area (Å²) in [6.45, 7) is 7.71. The van der Waals surface area contributed by atoms with E-state index in [4.69, 9.17) is 17.0 Å². The first-order chi connectivity index (χ1) is 7.27. The summed E-state index contributed by atoms with van der Waals surface area (Å²) in [7, 11) is 0. The summed E-state index contributed by atoms with van der Waals surface area (Å²) in [6.07, 6.45) is 4.43. The Hall–Kier alpha value is -1.41. The van der Waals surface area contributed by atoms with E-state index < -0.39 is 0 Å². The lowest BCUT2D eigenvalue weighted by Gasteiger charge is -2.05. The van der Waals surface area contributed by atoms with Crippen LogP contribution in [0.1, 0.15) is 11.1 Å². The van der Waals surface area contributed by atoms with Crippen molar-refractivity contribution in [1.29, 1.82) is 0 Å². The Morgan fingerprint density at radius 2 is 1.87 bits per heavy atom. The summed E-state index contributed by atoms with van der Waals surface area (Å²) in [5.41, 5.74) is 2.15. The van der Waals surface area contributed by atoms with Crippen LogP contribution in [0.25, 0.3) is 0 Å². The van der Waals surface area contributed by atoms with Crippen LogP contribution in [0.2, 0.25) is 0 Å². The van der Waals surface area contributed by atoms with Crippen molar-refractivity contribution in [2.75, 3.05) is 6.61 Å².